The molecule has 0 spiro atoms. The lowest BCUT2D eigenvalue weighted by molar-refractivity contribution is 0.0443. The van der Waals surface area contributed by atoms with E-state index in [4.69, 9.17) is 10.5 Å². The van der Waals surface area contributed by atoms with Crippen molar-refractivity contribution in [3.8, 4) is 5.69 Å². The quantitative estimate of drug-likeness (QED) is 0.841. The van der Waals surface area contributed by atoms with E-state index in [-0.39, 0.29) is 5.78 Å². The summed E-state index contributed by atoms with van der Waals surface area (Å²) in [5, 5.41) is 7.84. The summed E-state index contributed by atoms with van der Waals surface area (Å²) in [7, 11) is 0. The van der Waals surface area contributed by atoms with E-state index in [9.17, 15) is 4.79 Å². The molecule has 0 amide bonds. The maximum absolute atomic E-state index is 12.7. The van der Waals surface area contributed by atoms with Gasteiger partial charge < -0.3 is 10.5 Å². The van der Waals surface area contributed by atoms with Gasteiger partial charge in [-0.3, -0.25) is 4.79 Å². The largest absolute Gasteiger partial charge is 0.381 e. The fourth-order valence-electron chi connectivity index (χ4n) is 2.37. The molecule has 1 aromatic heterocycles. The predicted molar refractivity (Wildman–Crippen MR) is 72.7 cm³/mol. The third-order valence-electron chi connectivity index (χ3n) is 3.62. The Morgan fingerprint density at radius 1 is 1.25 bits per heavy atom. The van der Waals surface area contributed by atoms with E-state index < -0.39 is 5.54 Å². The highest BCUT2D eigenvalue weighted by atomic mass is 16.5. The van der Waals surface area contributed by atoms with Crippen LogP contribution in [0.25, 0.3) is 5.69 Å². The van der Waals surface area contributed by atoms with Crippen molar-refractivity contribution in [2.75, 3.05) is 13.2 Å². The first-order chi connectivity index (χ1) is 9.71. The van der Waals surface area contributed by atoms with Crippen LogP contribution < -0.4 is 5.73 Å². The van der Waals surface area contributed by atoms with Gasteiger partial charge in [0.05, 0.1) is 17.4 Å². The molecule has 2 N–H and O–H groups in total. The van der Waals surface area contributed by atoms with Crippen molar-refractivity contribution in [1.82, 2.24) is 15.0 Å². The summed E-state index contributed by atoms with van der Waals surface area (Å²) in [5.74, 6) is -0.130. The second kappa shape index (κ2) is 5.15. The number of hydrogen-bond acceptors (Lipinski definition) is 5. The van der Waals surface area contributed by atoms with Gasteiger partial charge in [-0.05, 0) is 25.0 Å². The first-order valence-electron chi connectivity index (χ1n) is 6.58. The van der Waals surface area contributed by atoms with Crippen LogP contribution in [0.1, 0.15) is 23.3 Å². The number of aromatic nitrogens is 3. The van der Waals surface area contributed by atoms with Crippen molar-refractivity contribution in [1.29, 1.82) is 0 Å². The summed E-state index contributed by atoms with van der Waals surface area (Å²) >= 11 is 0. The van der Waals surface area contributed by atoms with Gasteiger partial charge >= 0.3 is 0 Å². The van der Waals surface area contributed by atoms with Gasteiger partial charge in [0.25, 0.3) is 0 Å². The van der Waals surface area contributed by atoms with Crippen molar-refractivity contribution < 1.29 is 9.53 Å². The average Bonchev–Trinajstić information content (AvgIpc) is 2.97. The third kappa shape index (κ3) is 2.23. The van der Waals surface area contributed by atoms with Crippen molar-refractivity contribution in [2.45, 2.75) is 18.4 Å². The Kier molecular flexibility index (Phi) is 3.33. The van der Waals surface area contributed by atoms with Crippen molar-refractivity contribution in [3.05, 3.63) is 42.2 Å². The summed E-state index contributed by atoms with van der Waals surface area (Å²) in [5.41, 5.74) is 6.57. The van der Waals surface area contributed by atoms with Crippen LogP contribution in [0, 0.1) is 0 Å². The van der Waals surface area contributed by atoms with E-state index in [1.165, 1.54) is 10.9 Å². The predicted octanol–water partition coefficient (Wildman–Crippen LogP) is 0.958. The number of benzene rings is 1. The molecule has 6 nitrogen and oxygen atoms in total. The Labute approximate surface area is 116 Å². The average molecular weight is 272 g/mol. The lowest BCUT2D eigenvalue weighted by atomic mass is 9.85. The minimum atomic E-state index is -0.882. The van der Waals surface area contributed by atoms with E-state index in [2.05, 4.69) is 10.3 Å². The highest BCUT2D eigenvalue weighted by molar-refractivity contribution is 6.02. The minimum Gasteiger partial charge on any atom is -0.381 e. The fraction of sp³-hybridized carbons (Fsp3) is 0.357. The van der Waals surface area contributed by atoms with Crippen LogP contribution in [-0.4, -0.2) is 39.5 Å². The third-order valence-corrected chi connectivity index (χ3v) is 3.62. The lowest BCUT2D eigenvalue weighted by Gasteiger charge is -2.31. The Hall–Kier alpha value is -2.05. The molecular formula is C14H16N4O2. The number of rotatable bonds is 3. The van der Waals surface area contributed by atoms with Gasteiger partial charge in [-0.1, -0.05) is 23.4 Å². The Balaban J connectivity index is 1.95. The van der Waals surface area contributed by atoms with Gasteiger partial charge in [0.1, 0.15) is 5.69 Å². The number of carbonyl (C=O) groups is 1. The van der Waals surface area contributed by atoms with Crippen molar-refractivity contribution in [3.63, 3.8) is 0 Å². The molecule has 0 aliphatic carbocycles. The lowest BCUT2D eigenvalue weighted by Crippen LogP contribution is -2.52. The maximum atomic E-state index is 12.7. The smallest absolute Gasteiger partial charge is 0.202 e. The second-order valence-electron chi connectivity index (χ2n) is 4.96. The number of nitrogens with two attached hydrogens (primary N) is 1. The normalized spacial score (nSPS) is 17.9. The Morgan fingerprint density at radius 2 is 1.95 bits per heavy atom. The molecule has 0 bridgehead atoms. The molecule has 104 valence electrons. The summed E-state index contributed by atoms with van der Waals surface area (Å²) in [6, 6.07) is 9.43. The van der Waals surface area contributed by atoms with E-state index in [0.717, 1.165) is 5.69 Å². The van der Waals surface area contributed by atoms with E-state index in [1.807, 2.05) is 30.3 Å². The molecule has 3 rings (SSSR count). The highest BCUT2D eigenvalue weighted by Gasteiger charge is 2.38. The van der Waals surface area contributed by atoms with Gasteiger partial charge in [-0.25, -0.2) is 4.68 Å². The second-order valence-corrected chi connectivity index (χ2v) is 4.96. The molecule has 1 aromatic carbocycles. The zero-order chi connectivity index (χ0) is 14.0. The van der Waals surface area contributed by atoms with E-state index in [1.54, 1.807) is 0 Å². The van der Waals surface area contributed by atoms with Gasteiger partial charge in [0, 0.05) is 13.2 Å². The van der Waals surface area contributed by atoms with Gasteiger partial charge in [0.15, 0.2) is 0 Å². The number of carbonyl (C=O) groups excluding carboxylic acids is 1. The monoisotopic (exact) mass is 272 g/mol. The standard InChI is InChI=1S/C14H16N4O2/c15-14(6-8-20-9-7-14)13(19)12-10-16-17-18(12)11-4-2-1-3-5-11/h1-5,10H,6-9,15H2. The summed E-state index contributed by atoms with van der Waals surface area (Å²) in [6.45, 7) is 1.02. The van der Waals surface area contributed by atoms with E-state index in [0.29, 0.717) is 31.7 Å². The summed E-state index contributed by atoms with van der Waals surface area (Å²) in [6.07, 6.45) is 2.51. The molecule has 2 heterocycles. The van der Waals surface area contributed by atoms with Crippen LogP contribution >= 0.6 is 0 Å². The maximum Gasteiger partial charge on any atom is 0.202 e. The Bertz CT molecular complexity index is 603. The molecule has 6 heteroatoms. The van der Waals surface area contributed by atoms with E-state index >= 15 is 0 Å². The summed E-state index contributed by atoms with van der Waals surface area (Å²) < 4.78 is 6.81. The number of Topliss-reactive ketones (excluding diaryl/α,β-unsaturated/α-hetero) is 1. The molecule has 1 fully saturated rings. The molecular weight excluding hydrogens is 256 g/mol. The number of para-hydroxylation sites is 1. The fourth-order valence-corrected chi connectivity index (χ4v) is 2.37. The number of ether oxygens (including phenoxy) is 1. The van der Waals surface area contributed by atoms with Gasteiger partial charge in [-0.15, -0.1) is 5.10 Å². The van der Waals surface area contributed by atoms with Gasteiger partial charge in [-0.2, -0.15) is 0 Å². The minimum absolute atomic E-state index is 0.130. The van der Waals surface area contributed by atoms with Crippen molar-refractivity contribution in [2.24, 2.45) is 5.73 Å². The highest BCUT2D eigenvalue weighted by Crippen LogP contribution is 2.23. The molecule has 0 atom stereocenters. The molecule has 0 saturated carbocycles. The van der Waals surface area contributed by atoms with Crippen LogP contribution in [0.3, 0.4) is 0 Å². The molecule has 1 aliphatic heterocycles. The van der Waals surface area contributed by atoms with Crippen LogP contribution in [-0.2, 0) is 4.74 Å². The first-order valence-corrected chi connectivity index (χ1v) is 6.58. The molecule has 2 aromatic rings. The number of hydrogen-bond donors (Lipinski definition) is 1. The first kappa shape index (κ1) is 13.0. The Morgan fingerprint density at radius 3 is 2.65 bits per heavy atom. The topological polar surface area (TPSA) is 83.0 Å². The molecule has 1 saturated heterocycles. The van der Waals surface area contributed by atoms with Crippen LogP contribution in [0.2, 0.25) is 0 Å². The molecule has 20 heavy (non-hydrogen) atoms. The van der Waals surface area contributed by atoms with Crippen LogP contribution in [0.5, 0.6) is 0 Å². The molecule has 0 unspecified atom stereocenters. The molecule has 0 radical (unpaired) electrons. The number of ketones is 1. The summed E-state index contributed by atoms with van der Waals surface area (Å²) in [4.78, 5) is 12.7. The van der Waals surface area contributed by atoms with Gasteiger partial charge in [0.2, 0.25) is 5.78 Å². The van der Waals surface area contributed by atoms with Crippen molar-refractivity contribution >= 4 is 5.78 Å². The molecule has 1 aliphatic rings. The SMILES string of the molecule is NC1(C(=O)c2cnnn2-c2ccccc2)CCOCC1. The zero-order valence-corrected chi connectivity index (χ0v) is 11.0. The number of nitrogens with zero attached hydrogens (tertiary/aromatic N) is 3. The van der Waals surface area contributed by atoms with Crippen LogP contribution in [0.4, 0.5) is 0 Å². The van der Waals surface area contributed by atoms with Crippen LogP contribution in [0.15, 0.2) is 36.5 Å². The zero-order valence-electron chi connectivity index (χ0n) is 11.0.